The van der Waals surface area contributed by atoms with Gasteiger partial charge in [0, 0.05) is 26.1 Å². The highest BCUT2D eigenvalue weighted by Gasteiger charge is 2.27. The van der Waals surface area contributed by atoms with E-state index in [4.69, 9.17) is 4.74 Å². The van der Waals surface area contributed by atoms with Crippen LogP contribution in [0.2, 0.25) is 0 Å². The Hall–Kier alpha value is -1.26. The van der Waals surface area contributed by atoms with Crippen molar-refractivity contribution in [2.45, 2.75) is 39.3 Å². The minimum atomic E-state index is -0.294. The number of nitrogens with zero attached hydrogens (tertiary/aromatic N) is 1. The third-order valence-corrected chi connectivity index (χ3v) is 2.19. The van der Waals surface area contributed by atoms with E-state index in [1.807, 2.05) is 13.8 Å². The first-order valence-electron chi connectivity index (χ1n) is 5.21. The van der Waals surface area contributed by atoms with Gasteiger partial charge in [0.1, 0.15) is 0 Å². The van der Waals surface area contributed by atoms with Gasteiger partial charge in [-0.15, -0.1) is 0 Å². The van der Waals surface area contributed by atoms with Crippen molar-refractivity contribution in [1.82, 2.24) is 10.2 Å². The smallest absolute Gasteiger partial charge is 0.410 e. The van der Waals surface area contributed by atoms with E-state index in [0.717, 1.165) is 6.42 Å². The molecule has 0 aromatic rings. The molecule has 1 N–H and O–H groups in total. The average Bonchev–Trinajstić information content (AvgIpc) is 2.50. The zero-order valence-corrected chi connectivity index (χ0v) is 9.45. The number of carbonyl (C=O) groups excluding carboxylic acids is 2. The van der Waals surface area contributed by atoms with Gasteiger partial charge >= 0.3 is 6.09 Å². The highest BCUT2D eigenvalue weighted by molar-refractivity contribution is 5.73. The second-order valence-electron chi connectivity index (χ2n) is 4.06. The summed E-state index contributed by atoms with van der Waals surface area (Å²) in [7, 11) is 0. The summed E-state index contributed by atoms with van der Waals surface area (Å²) in [5.41, 5.74) is 0. The topological polar surface area (TPSA) is 58.6 Å². The first-order chi connectivity index (χ1) is 6.99. The van der Waals surface area contributed by atoms with E-state index >= 15 is 0 Å². The Bertz CT molecular complexity index is 253. The molecule has 0 aromatic heterocycles. The summed E-state index contributed by atoms with van der Waals surface area (Å²) in [5, 5.41) is 2.79. The number of carbonyl (C=O) groups is 2. The van der Waals surface area contributed by atoms with Crippen LogP contribution in [0.3, 0.4) is 0 Å². The van der Waals surface area contributed by atoms with E-state index in [-0.39, 0.29) is 24.1 Å². The second-order valence-corrected chi connectivity index (χ2v) is 4.06. The maximum Gasteiger partial charge on any atom is 0.410 e. The molecule has 1 aliphatic rings. The first-order valence-corrected chi connectivity index (χ1v) is 5.21. The van der Waals surface area contributed by atoms with E-state index < -0.39 is 0 Å². The maximum atomic E-state index is 11.5. The summed E-state index contributed by atoms with van der Waals surface area (Å²) in [6.07, 6.45) is 0.405. The molecule has 5 nitrogen and oxygen atoms in total. The Labute approximate surface area is 89.8 Å². The molecule has 0 saturated carbocycles. The van der Waals surface area contributed by atoms with Gasteiger partial charge in [-0.1, -0.05) is 0 Å². The van der Waals surface area contributed by atoms with E-state index in [9.17, 15) is 9.59 Å². The lowest BCUT2D eigenvalue weighted by molar-refractivity contribution is -0.119. The molecule has 1 atom stereocenters. The summed E-state index contributed by atoms with van der Waals surface area (Å²) >= 11 is 0. The maximum absolute atomic E-state index is 11.5. The van der Waals surface area contributed by atoms with Crippen molar-refractivity contribution in [2.75, 3.05) is 13.1 Å². The molecule has 0 spiro atoms. The van der Waals surface area contributed by atoms with Gasteiger partial charge < -0.3 is 15.0 Å². The van der Waals surface area contributed by atoms with Gasteiger partial charge in [0.05, 0.1) is 6.10 Å². The van der Waals surface area contributed by atoms with Crippen LogP contribution in [0.15, 0.2) is 0 Å². The quantitative estimate of drug-likeness (QED) is 0.737. The Balaban J connectivity index is 2.35. The molecule has 0 unspecified atom stereocenters. The average molecular weight is 214 g/mol. The van der Waals surface area contributed by atoms with Gasteiger partial charge in [-0.05, 0) is 20.3 Å². The molecule has 86 valence electrons. The van der Waals surface area contributed by atoms with Crippen LogP contribution >= 0.6 is 0 Å². The summed E-state index contributed by atoms with van der Waals surface area (Å²) in [5.74, 6) is -0.0564. The minimum absolute atomic E-state index is 0.0564. The van der Waals surface area contributed by atoms with Crippen LogP contribution < -0.4 is 5.32 Å². The molecule has 1 aliphatic heterocycles. The molecular weight excluding hydrogens is 196 g/mol. The van der Waals surface area contributed by atoms with Crippen LogP contribution in [0.5, 0.6) is 0 Å². The number of ether oxygens (including phenoxy) is 1. The van der Waals surface area contributed by atoms with Crippen molar-refractivity contribution < 1.29 is 14.3 Å². The van der Waals surface area contributed by atoms with E-state index in [1.54, 1.807) is 4.90 Å². The molecule has 0 radical (unpaired) electrons. The minimum Gasteiger partial charge on any atom is -0.447 e. The number of rotatable bonds is 2. The lowest BCUT2D eigenvalue weighted by atomic mass is 10.3. The van der Waals surface area contributed by atoms with Gasteiger partial charge in [-0.3, -0.25) is 4.79 Å². The highest BCUT2D eigenvalue weighted by atomic mass is 16.6. The summed E-state index contributed by atoms with van der Waals surface area (Å²) in [4.78, 5) is 23.9. The van der Waals surface area contributed by atoms with Gasteiger partial charge in [0.2, 0.25) is 5.91 Å². The van der Waals surface area contributed by atoms with Crippen molar-refractivity contribution in [3.8, 4) is 0 Å². The van der Waals surface area contributed by atoms with Gasteiger partial charge in [0.25, 0.3) is 0 Å². The summed E-state index contributed by atoms with van der Waals surface area (Å²) in [6.45, 7) is 6.31. The molecule has 1 heterocycles. The Kier molecular flexibility index (Phi) is 3.94. The predicted octanol–water partition coefficient (Wildman–Crippen LogP) is 0.742. The third kappa shape index (κ3) is 3.77. The number of hydrogen-bond donors (Lipinski definition) is 1. The van der Waals surface area contributed by atoms with Crippen LogP contribution in [0.1, 0.15) is 27.2 Å². The monoisotopic (exact) mass is 214 g/mol. The molecule has 0 bridgehead atoms. The van der Waals surface area contributed by atoms with E-state index in [2.05, 4.69) is 5.32 Å². The fourth-order valence-electron chi connectivity index (χ4n) is 1.61. The molecular formula is C10H18N2O3. The van der Waals surface area contributed by atoms with Gasteiger partial charge in [-0.25, -0.2) is 4.79 Å². The van der Waals surface area contributed by atoms with Crippen molar-refractivity contribution in [3.05, 3.63) is 0 Å². The van der Waals surface area contributed by atoms with E-state index in [0.29, 0.717) is 13.1 Å². The fraction of sp³-hybridized carbons (Fsp3) is 0.800. The number of hydrogen-bond acceptors (Lipinski definition) is 3. The van der Waals surface area contributed by atoms with Gasteiger partial charge in [0.15, 0.2) is 0 Å². The first kappa shape index (κ1) is 11.8. The Morgan fingerprint density at radius 3 is 2.67 bits per heavy atom. The SMILES string of the molecule is CC(=O)N[C@H]1CCN(C(=O)OC(C)C)C1. The molecule has 0 aromatic carbocycles. The lowest BCUT2D eigenvalue weighted by Gasteiger charge is -2.18. The zero-order chi connectivity index (χ0) is 11.4. The lowest BCUT2D eigenvalue weighted by Crippen LogP contribution is -2.38. The number of nitrogens with one attached hydrogen (secondary N) is 1. The van der Waals surface area contributed by atoms with Crippen molar-refractivity contribution in [2.24, 2.45) is 0 Å². The molecule has 0 aliphatic carbocycles. The molecule has 1 fully saturated rings. The summed E-state index contributed by atoms with van der Waals surface area (Å²) in [6, 6.07) is 0.0715. The number of amides is 2. The predicted molar refractivity (Wildman–Crippen MR) is 55.4 cm³/mol. The van der Waals surface area contributed by atoms with Crippen molar-refractivity contribution in [1.29, 1.82) is 0 Å². The van der Waals surface area contributed by atoms with Crippen LogP contribution in [0, 0.1) is 0 Å². The molecule has 2 amide bonds. The summed E-state index contributed by atoms with van der Waals surface area (Å²) < 4.78 is 5.06. The largest absolute Gasteiger partial charge is 0.447 e. The second kappa shape index (κ2) is 5.00. The van der Waals surface area contributed by atoms with Crippen LogP contribution in [-0.2, 0) is 9.53 Å². The van der Waals surface area contributed by atoms with Crippen LogP contribution in [-0.4, -0.2) is 42.1 Å². The normalized spacial score (nSPS) is 20.5. The molecule has 15 heavy (non-hydrogen) atoms. The fourth-order valence-corrected chi connectivity index (χ4v) is 1.61. The van der Waals surface area contributed by atoms with Crippen molar-refractivity contribution >= 4 is 12.0 Å². The van der Waals surface area contributed by atoms with Crippen LogP contribution in [0.4, 0.5) is 4.79 Å². The molecule has 5 heteroatoms. The third-order valence-electron chi connectivity index (χ3n) is 2.19. The number of likely N-dealkylation sites (tertiary alicyclic amines) is 1. The standard InChI is InChI=1S/C10H18N2O3/c1-7(2)15-10(14)12-5-4-9(6-12)11-8(3)13/h7,9H,4-6H2,1-3H3,(H,11,13)/t9-/m0/s1. The van der Waals surface area contributed by atoms with Gasteiger partial charge in [-0.2, -0.15) is 0 Å². The zero-order valence-electron chi connectivity index (χ0n) is 9.45. The Morgan fingerprint density at radius 1 is 1.47 bits per heavy atom. The molecule has 1 rings (SSSR count). The van der Waals surface area contributed by atoms with E-state index in [1.165, 1.54) is 6.92 Å². The molecule has 1 saturated heterocycles. The van der Waals surface area contributed by atoms with Crippen LogP contribution in [0.25, 0.3) is 0 Å². The Morgan fingerprint density at radius 2 is 2.13 bits per heavy atom. The highest BCUT2D eigenvalue weighted by Crippen LogP contribution is 2.11. The van der Waals surface area contributed by atoms with Crippen molar-refractivity contribution in [3.63, 3.8) is 0 Å².